The number of aliphatic hydroxyl groups is 2. The molecule has 1 saturated heterocycles. The van der Waals surface area contributed by atoms with Crippen molar-refractivity contribution in [2.75, 3.05) is 26.6 Å². The van der Waals surface area contributed by atoms with Gasteiger partial charge in [0.05, 0.1) is 20.0 Å². The summed E-state index contributed by atoms with van der Waals surface area (Å²) in [5.74, 6) is 0.268. The second-order valence-electron chi connectivity index (χ2n) is 4.85. The summed E-state index contributed by atoms with van der Waals surface area (Å²) in [5.41, 5.74) is 6.48. The third kappa shape index (κ3) is 2.16. The van der Waals surface area contributed by atoms with Crippen LogP contribution in [0.25, 0.3) is 11.2 Å². The molecule has 3 rings (SSSR count). The molecule has 10 heteroatoms. The summed E-state index contributed by atoms with van der Waals surface area (Å²) >= 11 is 0. The lowest BCUT2D eigenvalue weighted by atomic mass is 10.1. The molecule has 2 aromatic heterocycles. The number of aromatic nitrogens is 4. The van der Waals surface area contributed by atoms with Crippen LogP contribution < -0.4 is 10.5 Å². The number of aliphatic hydroxyl groups excluding tert-OH is 2. The Morgan fingerprint density at radius 2 is 2.18 bits per heavy atom. The van der Waals surface area contributed by atoms with Gasteiger partial charge in [0.25, 0.3) is 0 Å². The van der Waals surface area contributed by atoms with Crippen molar-refractivity contribution in [3.8, 4) is 5.88 Å². The first-order valence-corrected chi connectivity index (χ1v) is 6.62. The van der Waals surface area contributed by atoms with E-state index in [1.807, 2.05) is 0 Å². The van der Waals surface area contributed by atoms with Crippen molar-refractivity contribution in [3.05, 3.63) is 6.33 Å². The van der Waals surface area contributed by atoms with E-state index in [0.717, 1.165) is 0 Å². The van der Waals surface area contributed by atoms with Gasteiger partial charge in [0.15, 0.2) is 17.4 Å². The van der Waals surface area contributed by atoms with Crippen LogP contribution in [-0.2, 0) is 9.47 Å². The lowest BCUT2D eigenvalue weighted by molar-refractivity contribution is -0.0583. The molecule has 22 heavy (non-hydrogen) atoms. The number of fused-ring (bicyclic) bond motifs is 1. The van der Waals surface area contributed by atoms with Gasteiger partial charge in [-0.05, 0) is 0 Å². The van der Waals surface area contributed by atoms with Gasteiger partial charge in [0, 0.05) is 7.11 Å². The third-order valence-corrected chi connectivity index (χ3v) is 3.64. The molecule has 0 unspecified atom stereocenters. The minimum atomic E-state index is -0.974. The van der Waals surface area contributed by atoms with E-state index in [0.29, 0.717) is 11.2 Å². The van der Waals surface area contributed by atoms with Crippen LogP contribution in [0.5, 0.6) is 5.88 Å². The maximum Gasteiger partial charge on any atom is 0.246 e. The van der Waals surface area contributed by atoms with E-state index >= 15 is 0 Å². The average Bonchev–Trinajstić information content (AvgIpc) is 3.06. The van der Waals surface area contributed by atoms with Crippen LogP contribution in [0.3, 0.4) is 0 Å². The standard InChI is InChI=1S/C12H17N5O5/c1-20-8-7(19)5(3-18)22-11(8)17-4-14-6-9(17)15-12(13)16-10(6)21-2/h4-5,7-8,11,18-19H,3H2,1-2H3,(H2,13,15,16)/t5-,7-,8-,11-/m1/s1. The van der Waals surface area contributed by atoms with Gasteiger partial charge in [-0.1, -0.05) is 0 Å². The van der Waals surface area contributed by atoms with Gasteiger partial charge in [-0.2, -0.15) is 9.97 Å². The number of ether oxygens (including phenoxy) is 3. The molecular formula is C12H17N5O5. The van der Waals surface area contributed by atoms with E-state index in [2.05, 4.69) is 15.0 Å². The van der Waals surface area contributed by atoms with E-state index in [-0.39, 0.29) is 18.4 Å². The number of methoxy groups -OCH3 is 2. The van der Waals surface area contributed by atoms with Crippen LogP contribution in [-0.4, -0.2) is 68.9 Å². The minimum absolute atomic E-state index is 0.0253. The fourth-order valence-electron chi connectivity index (χ4n) is 2.58. The smallest absolute Gasteiger partial charge is 0.246 e. The zero-order valence-corrected chi connectivity index (χ0v) is 12.1. The van der Waals surface area contributed by atoms with Crippen molar-refractivity contribution in [3.63, 3.8) is 0 Å². The number of nitrogen functional groups attached to an aromatic ring is 1. The molecule has 4 N–H and O–H groups in total. The average molecular weight is 311 g/mol. The topological polar surface area (TPSA) is 138 Å². The van der Waals surface area contributed by atoms with Crippen LogP contribution in [0.4, 0.5) is 5.95 Å². The number of nitrogens with zero attached hydrogens (tertiary/aromatic N) is 4. The zero-order chi connectivity index (χ0) is 15.9. The maximum atomic E-state index is 10.1. The number of rotatable bonds is 4. The highest BCUT2D eigenvalue weighted by Crippen LogP contribution is 2.34. The molecule has 4 atom stereocenters. The van der Waals surface area contributed by atoms with E-state index in [1.54, 1.807) is 4.57 Å². The Balaban J connectivity index is 2.08. The summed E-state index contributed by atoms with van der Waals surface area (Å²) in [4.78, 5) is 12.3. The van der Waals surface area contributed by atoms with Crippen LogP contribution >= 0.6 is 0 Å². The minimum Gasteiger partial charge on any atom is -0.479 e. The summed E-state index contributed by atoms with van der Waals surface area (Å²) < 4.78 is 17.6. The van der Waals surface area contributed by atoms with Crippen LogP contribution in [0.2, 0.25) is 0 Å². The van der Waals surface area contributed by atoms with E-state index < -0.39 is 24.5 Å². The number of hydrogen-bond donors (Lipinski definition) is 3. The Hall–Kier alpha value is -2.01. The molecule has 0 aromatic carbocycles. The molecule has 0 radical (unpaired) electrons. The molecule has 1 aliphatic rings. The molecule has 2 aromatic rings. The Labute approximate surface area is 125 Å². The van der Waals surface area contributed by atoms with E-state index in [9.17, 15) is 10.2 Å². The van der Waals surface area contributed by atoms with Gasteiger partial charge in [-0.3, -0.25) is 4.57 Å². The van der Waals surface area contributed by atoms with Crippen molar-refractivity contribution in [1.29, 1.82) is 0 Å². The van der Waals surface area contributed by atoms with Gasteiger partial charge >= 0.3 is 0 Å². The third-order valence-electron chi connectivity index (χ3n) is 3.64. The van der Waals surface area contributed by atoms with Crippen molar-refractivity contribution >= 4 is 17.1 Å². The SMILES string of the molecule is COc1nc(N)nc2c1ncn2[C@@H]1O[C@H](CO)[C@@H](O)[C@H]1OC. The fraction of sp³-hybridized carbons (Fsp3) is 0.583. The van der Waals surface area contributed by atoms with Crippen LogP contribution in [0.15, 0.2) is 6.33 Å². The van der Waals surface area contributed by atoms with E-state index in [1.165, 1.54) is 20.5 Å². The summed E-state index contributed by atoms with van der Waals surface area (Å²) in [6.45, 7) is -0.329. The molecule has 3 heterocycles. The van der Waals surface area contributed by atoms with Crippen molar-refractivity contribution < 1.29 is 24.4 Å². The summed E-state index contributed by atoms with van der Waals surface area (Å²) in [6.07, 6.45) is -1.64. The zero-order valence-electron chi connectivity index (χ0n) is 12.1. The second-order valence-corrected chi connectivity index (χ2v) is 4.85. The lowest BCUT2D eigenvalue weighted by Gasteiger charge is -2.20. The quantitative estimate of drug-likeness (QED) is 0.627. The fourth-order valence-corrected chi connectivity index (χ4v) is 2.58. The maximum absolute atomic E-state index is 10.1. The first-order valence-electron chi connectivity index (χ1n) is 6.62. The molecule has 120 valence electrons. The number of nitrogens with two attached hydrogens (primary N) is 1. The first kappa shape index (κ1) is 14.9. The molecule has 0 spiro atoms. The van der Waals surface area contributed by atoms with Gasteiger partial charge in [0.2, 0.25) is 11.8 Å². The molecule has 0 amide bonds. The molecule has 0 saturated carbocycles. The lowest BCUT2D eigenvalue weighted by Crippen LogP contribution is -2.34. The first-order chi connectivity index (χ1) is 10.6. The second kappa shape index (κ2) is 5.65. The molecule has 0 aliphatic carbocycles. The largest absolute Gasteiger partial charge is 0.479 e. The highest BCUT2D eigenvalue weighted by atomic mass is 16.6. The van der Waals surface area contributed by atoms with Gasteiger partial charge < -0.3 is 30.2 Å². The molecule has 1 aliphatic heterocycles. The van der Waals surface area contributed by atoms with Gasteiger partial charge in [0.1, 0.15) is 18.3 Å². The van der Waals surface area contributed by atoms with Gasteiger partial charge in [-0.25, -0.2) is 4.98 Å². The Morgan fingerprint density at radius 1 is 1.41 bits per heavy atom. The predicted octanol–water partition coefficient (Wildman–Crippen LogP) is -1.32. The highest BCUT2D eigenvalue weighted by Gasteiger charge is 2.45. The number of anilines is 1. The summed E-state index contributed by atoms with van der Waals surface area (Å²) in [5, 5.41) is 19.4. The van der Waals surface area contributed by atoms with Crippen LogP contribution in [0.1, 0.15) is 6.23 Å². The molecule has 0 bridgehead atoms. The predicted molar refractivity (Wildman–Crippen MR) is 74.1 cm³/mol. The Bertz CT molecular complexity index is 677. The van der Waals surface area contributed by atoms with Crippen molar-refractivity contribution in [2.24, 2.45) is 0 Å². The number of imidazole rings is 1. The van der Waals surface area contributed by atoms with Gasteiger partial charge in [-0.15, -0.1) is 0 Å². The monoisotopic (exact) mass is 311 g/mol. The normalized spacial score (nSPS) is 28.4. The molecule has 1 fully saturated rings. The molecular weight excluding hydrogens is 294 g/mol. The summed E-state index contributed by atoms with van der Waals surface area (Å²) in [6, 6.07) is 0. The molecule has 10 nitrogen and oxygen atoms in total. The Morgan fingerprint density at radius 3 is 2.82 bits per heavy atom. The summed E-state index contributed by atoms with van der Waals surface area (Å²) in [7, 11) is 2.91. The van der Waals surface area contributed by atoms with Crippen LogP contribution in [0, 0.1) is 0 Å². The Kier molecular flexibility index (Phi) is 3.83. The van der Waals surface area contributed by atoms with Crippen molar-refractivity contribution in [2.45, 2.75) is 24.5 Å². The van der Waals surface area contributed by atoms with E-state index in [4.69, 9.17) is 19.9 Å². The number of hydrogen-bond acceptors (Lipinski definition) is 9. The van der Waals surface area contributed by atoms with Crippen molar-refractivity contribution in [1.82, 2.24) is 19.5 Å². The highest BCUT2D eigenvalue weighted by molar-refractivity contribution is 5.77.